The lowest BCUT2D eigenvalue weighted by Gasteiger charge is -2.35. The topological polar surface area (TPSA) is 132 Å². The van der Waals surface area contributed by atoms with Gasteiger partial charge in [0.1, 0.15) is 21.5 Å². The first-order chi connectivity index (χ1) is 21.7. The molecule has 4 heterocycles. The summed E-state index contributed by atoms with van der Waals surface area (Å²) in [6.07, 6.45) is 3.31. The molecule has 2 unspecified atom stereocenters. The van der Waals surface area contributed by atoms with Crippen molar-refractivity contribution in [2.75, 3.05) is 85.8 Å². The van der Waals surface area contributed by atoms with Crippen LogP contribution in [0.1, 0.15) is 18.4 Å². The van der Waals surface area contributed by atoms with Gasteiger partial charge in [-0.25, -0.2) is 23.2 Å². The molecule has 0 saturated carbocycles. The maximum absolute atomic E-state index is 12.7. The third-order valence-corrected chi connectivity index (χ3v) is 9.56. The van der Waals surface area contributed by atoms with E-state index in [-0.39, 0.29) is 30.4 Å². The molecule has 3 saturated heterocycles. The quantitative estimate of drug-likeness (QED) is 0.305. The van der Waals surface area contributed by atoms with Gasteiger partial charge in [0.25, 0.3) is 0 Å². The summed E-state index contributed by atoms with van der Waals surface area (Å²) < 4.78 is 29.1. The van der Waals surface area contributed by atoms with Gasteiger partial charge in [-0.05, 0) is 61.9 Å². The first-order valence-corrected chi connectivity index (χ1v) is 17.6. The van der Waals surface area contributed by atoms with Gasteiger partial charge < -0.3 is 30.5 Å². The third kappa shape index (κ3) is 8.28. The number of likely N-dealkylation sites (N-methyl/N-ethyl adjacent to an activating group) is 1. The number of aromatic nitrogens is 2. The lowest BCUT2D eigenvalue weighted by Crippen LogP contribution is -2.46. The fourth-order valence-electron chi connectivity index (χ4n) is 6.11. The highest BCUT2D eigenvalue weighted by Gasteiger charge is 2.38. The number of carbonyl (C=O) groups excluding carboxylic acids is 1. The molecule has 1 aromatic heterocycles. The molecule has 2 aromatic carbocycles. The molecule has 0 aliphatic carbocycles. The van der Waals surface area contributed by atoms with E-state index < -0.39 is 9.84 Å². The smallest absolute Gasteiger partial charge is 0.323 e. The van der Waals surface area contributed by atoms with Crippen LogP contribution in [-0.2, 0) is 21.1 Å². The number of carbonyl (C=O) groups is 1. The number of anilines is 4. The van der Waals surface area contributed by atoms with E-state index in [1.165, 1.54) is 11.8 Å². The Morgan fingerprint density at radius 2 is 1.53 bits per heavy atom. The standard InChI is InChI=1S/C32H42N8O4S/c1-38-14-16-39(17-15-38)20-23-3-7-25(8-4-23)34-32(41)35-26-9-5-24(6-10-26)31-36-29(33-13-18-45(2,42)43)19-30(37-31)40-27-11-12-28(40)22-44-21-27/h3-10,19,27-28H,11-18,20-22H2,1-2H3,(H,33,36,37)(H2,34,35,41). The Hall–Kier alpha value is -3.78. The Balaban J connectivity index is 1.10. The summed E-state index contributed by atoms with van der Waals surface area (Å²) in [6, 6.07) is 17.4. The number of amides is 2. The molecule has 2 atom stereocenters. The van der Waals surface area contributed by atoms with Crippen LogP contribution in [-0.4, -0.2) is 111 Å². The molecule has 3 fully saturated rings. The van der Waals surface area contributed by atoms with Crippen LogP contribution in [0.2, 0.25) is 0 Å². The van der Waals surface area contributed by atoms with Gasteiger partial charge in [0, 0.05) is 68.5 Å². The molecule has 13 heteroatoms. The SMILES string of the molecule is CN1CCN(Cc2ccc(NC(=O)Nc3ccc(-c4nc(NCCS(C)(=O)=O)cc(N5C6CCC5COC6)n4)cc3)cc2)CC1. The second-order valence-corrected chi connectivity index (χ2v) is 14.5. The molecule has 6 rings (SSSR count). The average molecular weight is 635 g/mol. The number of hydrogen-bond donors (Lipinski definition) is 3. The van der Waals surface area contributed by atoms with Crippen LogP contribution in [0, 0.1) is 0 Å². The number of ether oxygens (including phenoxy) is 1. The number of nitrogens with one attached hydrogen (secondary N) is 3. The average Bonchev–Trinajstić information content (AvgIpc) is 3.26. The van der Waals surface area contributed by atoms with Gasteiger partial charge in [-0.1, -0.05) is 12.1 Å². The number of hydrogen-bond acceptors (Lipinski definition) is 10. The van der Waals surface area contributed by atoms with E-state index >= 15 is 0 Å². The van der Waals surface area contributed by atoms with Crippen molar-refractivity contribution in [2.24, 2.45) is 0 Å². The van der Waals surface area contributed by atoms with Crippen molar-refractivity contribution in [3.05, 3.63) is 60.2 Å². The van der Waals surface area contributed by atoms with Gasteiger partial charge in [-0.15, -0.1) is 0 Å². The number of morpholine rings is 1. The number of benzene rings is 2. The molecule has 240 valence electrons. The predicted molar refractivity (Wildman–Crippen MR) is 178 cm³/mol. The van der Waals surface area contributed by atoms with Crippen LogP contribution in [0.3, 0.4) is 0 Å². The zero-order chi connectivity index (χ0) is 31.4. The summed E-state index contributed by atoms with van der Waals surface area (Å²) >= 11 is 0. The minimum Gasteiger partial charge on any atom is -0.377 e. The number of rotatable bonds is 10. The maximum Gasteiger partial charge on any atom is 0.323 e. The summed E-state index contributed by atoms with van der Waals surface area (Å²) in [4.78, 5) is 29.5. The number of sulfone groups is 1. The van der Waals surface area contributed by atoms with Gasteiger partial charge in [-0.2, -0.15) is 0 Å². The molecule has 3 aliphatic rings. The van der Waals surface area contributed by atoms with Crippen LogP contribution in [0.4, 0.5) is 27.8 Å². The summed E-state index contributed by atoms with van der Waals surface area (Å²) in [5, 5.41) is 8.97. The highest BCUT2D eigenvalue weighted by Crippen LogP contribution is 2.35. The summed E-state index contributed by atoms with van der Waals surface area (Å²) in [5.41, 5.74) is 3.37. The maximum atomic E-state index is 12.7. The van der Waals surface area contributed by atoms with E-state index in [2.05, 4.69) is 49.8 Å². The van der Waals surface area contributed by atoms with Gasteiger partial charge in [0.15, 0.2) is 5.82 Å². The zero-order valence-electron chi connectivity index (χ0n) is 25.9. The van der Waals surface area contributed by atoms with Crippen LogP contribution in [0.15, 0.2) is 54.6 Å². The molecule has 2 bridgehead atoms. The number of nitrogens with zero attached hydrogens (tertiary/aromatic N) is 5. The predicted octanol–water partition coefficient (Wildman–Crippen LogP) is 3.36. The number of urea groups is 1. The first kappa shape index (κ1) is 31.2. The van der Waals surface area contributed by atoms with E-state index in [4.69, 9.17) is 14.7 Å². The fourth-order valence-corrected chi connectivity index (χ4v) is 6.58. The Labute approximate surface area is 265 Å². The van der Waals surface area contributed by atoms with E-state index in [1.54, 1.807) is 0 Å². The van der Waals surface area contributed by atoms with Crippen LogP contribution < -0.4 is 20.9 Å². The highest BCUT2D eigenvalue weighted by molar-refractivity contribution is 7.90. The minimum absolute atomic E-state index is 0.00760. The number of piperazine rings is 1. The van der Waals surface area contributed by atoms with Crippen LogP contribution >= 0.6 is 0 Å². The Morgan fingerprint density at radius 3 is 2.16 bits per heavy atom. The normalized spacial score (nSPS) is 20.6. The molecule has 3 N–H and O–H groups in total. The summed E-state index contributed by atoms with van der Waals surface area (Å²) in [5.74, 6) is 1.90. The third-order valence-electron chi connectivity index (χ3n) is 8.61. The molecular formula is C32H42N8O4S. The lowest BCUT2D eigenvalue weighted by molar-refractivity contribution is 0.0902. The van der Waals surface area contributed by atoms with Gasteiger partial charge >= 0.3 is 6.03 Å². The van der Waals surface area contributed by atoms with Gasteiger partial charge in [0.05, 0.1) is 31.1 Å². The second-order valence-electron chi connectivity index (χ2n) is 12.3. The summed E-state index contributed by atoms with van der Waals surface area (Å²) in [6.45, 7) is 6.78. The monoisotopic (exact) mass is 634 g/mol. The van der Waals surface area contributed by atoms with Crippen molar-refractivity contribution in [3.8, 4) is 11.4 Å². The molecule has 0 radical (unpaired) electrons. The van der Waals surface area contributed by atoms with Crippen molar-refractivity contribution in [1.29, 1.82) is 0 Å². The van der Waals surface area contributed by atoms with Crippen LogP contribution in [0.5, 0.6) is 0 Å². The molecule has 45 heavy (non-hydrogen) atoms. The van der Waals surface area contributed by atoms with Crippen molar-refractivity contribution >= 4 is 38.9 Å². The van der Waals surface area contributed by atoms with E-state index in [0.717, 1.165) is 62.6 Å². The zero-order valence-corrected chi connectivity index (χ0v) is 26.7. The molecule has 3 aliphatic heterocycles. The minimum atomic E-state index is -3.11. The van der Waals surface area contributed by atoms with Gasteiger partial charge in [-0.3, -0.25) is 4.90 Å². The molecular weight excluding hydrogens is 592 g/mol. The molecule has 3 aromatic rings. The molecule has 2 amide bonds. The molecule has 0 spiro atoms. The van der Waals surface area contributed by atoms with E-state index in [1.807, 2.05) is 42.5 Å². The van der Waals surface area contributed by atoms with Crippen LogP contribution in [0.25, 0.3) is 11.4 Å². The summed E-state index contributed by atoms with van der Waals surface area (Å²) in [7, 11) is -0.960. The van der Waals surface area contributed by atoms with Crippen molar-refractivity contribution in [2.45, 2.75) is 31.5 Å². The lowest BCUT2D eigenvalue weighted by atomic mass is 10.1. The second kappa shape index (κ2) is 13.7. The Kier molecular flexibility index (Phi) is 9.50. The largest absolute Gasteiger partial charge is 0.377 e. The Morgan fingerprint density at radius 1 is 0.911 bits per heavy atom. The number of fused-ring (bicyclic) bond motifs is 2. The van der Waals surface area contributed by atoms with Crippen molar-refractivity contribution in [3.63, 3.8) is 0 Å². The molecule has 12 nitrogen and oxygen atoms in total. The van der Waals surface area contributed by atoms with E-state index in [0.29, 0.717) is 30.5 Å². The Bertz CT molecular complexity index is 1560. The van der Waals surface area contributed by atoms with E-state index in [9.17, 15) is 13.2 Å². The van der Waals surface area contributed by atoms with Gasteiger partial charge in [0.2, 0.25) is 0 Å². The van der Waals surface area contributed by atoms with Crippen molar-refractivity contribution < 1.29 is 17.9 Å². The fraction of sp³-hybridized carbons (Fsp3) is 0.469. The van der Waals surface area contributed by atoms with Crippen molar-refractivity contribution in [1.82, 2.24) is 19.8 Å². The highest BCUT2D eigenvalue weighted by atomic mass is 32.2. The first-order valence-electron chi connectivity index (χ1n) is 15.5.